The Labute approximate surface area is 192 Å². The summed E-state index contributed by atoms with van der Waals surface area (Å²) in [7, 11) is -6.38. The minimum Gasteiger partial charge on any atom is -0.258 e. The third-order valence-corrected chi connectivity index (χ3v) is 10.7. The fourth-order valence-electron chi connectivity index (χ4n) is 3.53. The number of aryl methyl sites for hydroxylation is 3. The van der Waals surface area contributed by atoms with E-state index in [1.54, 1.807) is 24.3 Å². The van der Waals surface area contributed by atoms with E-state index in [-0.39, 0.29) is 4.90 Å². The summed E-state index contributed by atoms with van der Waals surface area (Å²) in [5.41, 5.74) is 3.23. The van der Waals surface area contributed by atoms with Gasteiger partial charge in [-0.25, -0.2) is 0 Å². The van der Waals surface area contributed by atoms with Crippen LogP contribution in [0, 0.1) is 20.8 Å². The van der Waals surface area contributed by atoms with Crippen LogP contribution in [0.2, 0.25) is 0 Å². The maximum absolute atomic E-state index is 13.7. The predicted molar refractivity (Wildman–Crippen MR) is 132 cm³/mol. The van der Waals surface area contributed by atoms with Crippen LogP contribution in [0.1, 0.15) is 16.7 Å². The van der Waals surface area contributed by atoms with Crippen molar-refractivity contribution >= 4 is 20.4 Å². The maximum Gasteiger partial charge on any atom is 0.422 e. The molecular weight excluding hydrogens is 436 g/mol. The first-order chi connectivity index (χ1) is 15.3. The average Bonchev–Trinajstić information content (AvgIpc) is 2.79. The summed E-state index contributed by atoms with van der Waals surface area (Å²) in [5, 5.41) is 0. The van der Waals surface area contributed by atoms with Crippen molar-refractivity contribution in [1.82, 2.24) is 0 Å². The van der Waals surface area contributed by atoms with Crippen molar-refractivity contribution in [3.8, 4) is 0 Å². The van der Waals surface area contributed by atoms with Crippen molar-refractivity contribution in [1.29, 1.82) is 0 Å². The topological polar surface area (TPSA) is 46.9 Å². The first kappa shape index (κ1) is 22.3. The van der Waals surface area contributed by atoms with Gasteiger partial charge >= 0.3 is 10.1 Å². The molecule has 32 heavy (non-hydrogen) atoms. The molecule has 164 valence electrons. The van der Waals surface area contributed by atoms with Gasteiger partial charge < -0.3 is 0 Å². The van der Waals surface area contributed by atoms with Crippen LogP contribution in [0.4, 0.5) is 0 Å². The van der Waals surface area contributed by atoms with E-state index in [4.69, 9.17) is 3.63 Å². The highest BCUT2D eigenvalue weighted by atomic mass is 32.3. The van der Waals surface area contributed by atoms with Crippen LogP contribution in [0.15, 0.2) is 123 Å². The van der Waals surface area contributed by atoms with E-state index in [0.29, 0.717) is 0 Å². The van der Waals surface area contributed by atoms with Gasteiger partial charge in [0, 0.05) is 0 Å². The van der Waals surface area contributed by atoms with Crippen molar-refractivity contribution in [3.05, 3.63) is 120 Å². The Kier molecular flexibility index (Phi) is 6.24. The fraction of sp³-hybridized carbons (Fsp3) is 0.111. The Morgan fingerprint density at radius 1 is 0.469 bits per heavy atom. The molecule has 0 aliphatic rings. The van der Waals surface area contributed by atoms with Crippen molar-refractivity contribution in [2.45, 2.75) is 40.4 Å². The molecule has 0 radical (unpaired) electrons. The highest BCUT2D eigenvalue weighted by molar-refractivity contribution is 8.32. The van der Waals surface area contributed by atoms with Crippen LogP contribution in [0.3, 0.4) is 0 Å². The van der Waals surface area contributed by atoms with Gasteiger partial charge in [0.1, 0.15) is 4.90 Å². The van der Waals surface area contributed by atoms with E-state index in [0.717, 1.165) is 31.4 Å². The largest absolute Gasteiger partial charge is 0.422 e. The highest BCUT2D eigenvalue weighted by Gasteiger charge is 2.43. The minimum absolute atomic E-state index is 0.204. The molecule has 3 nitrogen and oxygen atoms in total. The summed E-state index contributed by atoms with van der Waals surface area (Å²) in [4.78, 5) is 2.85. The quantitative estimate of drug-likeness (QED) is 0.223. The molecule has 0 atom stereocenters. The molecule has 0 unspecified atom stereocenters. The Bertz CT molecular complexity index is 1250. The summed E-state index contributed by atoms with van der Waals surface area (Å²) < 4.78 is 32.1. The van der Waals surface area contributed by atoms with Gasteiger partial charge in [-0.15, -0.1) is 8.42 Å². The lowest BCUT2D eigenvalue weighted by atomic mass is 10.2. The number of hydrogen-bond donors (Lipinski definition) is 0. The Balaban J connectivity index is 2.01. The summed E-state index contributed by atoms with van der Waals surface area (Å²) >= 11 is 0. The molecule has 0 heterocycles. The van der Waals surface area contributed by atoms with Gasteiger partial charge in [0.25, 0.3) is 0 Å². The van der Waals surface area contributed by atoms with Crippen molar-refractivity contribution in [3.63, 3.8) is 0 Å². The molecule has 0 fully saturated rings. The number of rotatable bonds is 6. The smallest absolute Gasteiger partial charge is 0.258 e. The third kappa shape index (κ3) is 4.37. The molecule has 0 saturated carbocycles. The van der Waals surface area contributed by atoms with Gasteiger partial charge in [-0.1, -0.05) is 71.3 Å². The predicted octanol–water partition coefficient (Wildman–Crippen LogP) is 7.29. The molecule has 0 spiro atoms. The molecule has 0 aromatic heterocycles. The third-order valence-electron chi connectivity index (χ3n) is 5.34. The second-order valence-electron chi connectivity index (χ2n) is 7.88. The summed E-state index contributed by atoms with van der Waals surface area (Å²) in [6.45, 7) is 5.98. The molecule has 0 aliphatic carbocycles. The van der Waals surface area contributed by atoms with Crippen LogP contribution in [-0.4, -0.2) is 12.0 Å². The zero-order chi connectivity index (χ0) is 22.8. The molecule has 5 heteroatoms. The van der Waals surface area contributed by atoms with Crippen LogP contribution in [-0.2, 0) is 10.1 Å². The Morgan fingerprint density at radius 3 is 1.22 bits per heavy atom. The first-order valence-electron chi connectivity index (χ1n) is 10.4. The fourth-order valence-corrected chi connectivity index (χ4v) is 8.99. The van der Waals surface area contributed by atoms with Gasteiger partial charge in [0.15, 0.2) is 0 Å². The number of hydrogen-bond acceptors (Lipinski definition) is 2. The molecule has 4 aromatic rings. The van der Waals surface area contributed by atoms with Gasteiger partial charge in [0.2, 0.25) is 0 Å². The maximum atomic E-state index is 13.7. The van der Waals surface area contributed by atoms with Crippen molar-refractivity contribution < 1.29 is 12.0 Å². The monoisotopic (exact) mass is 463 g/mol. The number of benzene rings is 4. The standard InChI is InChI=1S/C27H26O3S2/c1-21-9-15-25(16-10-21)31(24-7-5-4-6-8-24,26-17-11-22(2)12-18-26)30-32(28,29)27-19-13-23(3)14-20-27/h4-20H,1-3H3/p+1. The molecule has 0 bridgehead atoms. The lowest BCUT2D eigenvalue weighted by Gasteiger charge is -2.35. The van der Waals surface area contributed by atoms with Gasteiger partial charge in [-0.2, -0.15) is 0 Å². The zero-order valence-electron chi connectivity index (χ0n) is 18.4. The van der Waals surface area contributed by atoms with Crippen LogP contribution < -0.4 is 0 Å². The molecule has 0 aliphatic heterocycles. The summed E-state index contributed by atoms with van der Waals surface area (Å²) in [6, 6.07) is 32.7. The highest BCUT2D eigenvalue weighted by Crippen LogP contribution is 2.68. The minimum atomic E-state index is -3.94. The van der Waals surface area contributed by atoms with Crippen molar-refractivity contribution in [2.75, 3.05) is 0 Å². The SMILES string of the molecule is Cc1ccc(S([OH+]S(=O)(=O)c2ccc(C)cc2)(c2ccccc2)c2ccc(C)cc2)cc1. The Morgan fingerprint density at radius 2 is 0.812 bits per heavy atom. The van der Waals surface area contributed by atoms with Crippen LogP contribution in [0.25, 0.3) is 0 Å². The second-order valence-corrected chi connectivity index (χ2v) is 12.5. The lowest BCUT2D eigenvalue weighted by Crippen LogP contribution is -2.18. The van der Waals surface area contributed by atoms with Crippen LogP contribution in [0.5, 0.6) is 0 Å². The summed E-state index contributed by atoms with van der Waals surface area (Å²) in [6.07, 6.45) is 0. The molecule has 4 aromatic carbocycles. The Hall–Kier alpha value is -2.86. The van der Waals surface area contributed by atoms with E-state index in [1.165, 1.54) is 0 Å². The molecule has 0 saturated heterocycles. The van der Waals surface area contributed by atoms with E-state index in [9.17, 15) is 8.42 Å². The van der Waals surface area contributed by atoms with Gasteiger partial charge in [-0.3, -0.25) is 3.63 Å². The van der Waals surface area contributed by atoms with E-state index in [2.05, 4.69) is 0 Å². The molecule has 4 rings (SSSR count). The van der Waals surface area contributed by atoms with Crippen molar-refractivity contribution in [2.24, 2.45) is 0 Å². The van der Waals surface area contributed by atoms with Crippen LogP contribution >= 0.6 is 10.3 Å². The van der Waals surface area contributed by atoms with E-state index >= 15 is 0 Å². The zero-order valence-corrected chi connectivity index (χ0v) is 20.0. The van der Waals surface area contributed by atoms with E-state index < -0.39 is 20.4 Å². The second kappa shape index (κ2) is 8.94. The molecule has 1 N–H and O–H groups in total. The van der Waals surface area contributed by atoms with Gasteiger partial charge in [0.05, 0.1) is 25.0 Å². The summed E-state index contributed by atoms with van der Waals surface area (Å²) in [5.74, 6) is 0. The normalized spacial score (nSPS) is 12.5. The first-order valence-corrected chi connectivity index (χ1v) is 13.4. The lowest BCUT2D eigenvalue weighted by molar-refractivity contribution is 0.387. The van der Waals surface area contributed by atoms with Gasteiger partial charge in [-0.05, 0) is 69.3 Å². The molecule has 0 amide bonds. The average molecular weight is 464 g/mol. The van der Waals surface area contributed by atoms with E-state index in [1.807, 2.05) is 99.6 Å². The molecular formula is C27H27O3S2+.